The van der Waals surface area contributed by atoms with Gasteiger partial charge >= 0.3 is 0 Å². The third-order valence-corrected chi connectivity index (χ3v) is 2.50. The maximum atomic E-state index is 4.23. The van der Waals surface area contributed by atoms with Crippen molar-refractivity contribution in [3.8, 4) is 0 Å². The van der Waals surface area contributed by atoms with Gasteiger partial charge in [-0.05, 0) is 31.1 Å². The minimum atomic E-state index is 0. The predicted octanol–water partition coefficient (Wildman–Crippen LogP) is 3.29. The zero-order valence-corrected chi connectivity index (χ0v) is 7.28. The molecule has 0 heterocycles. The van der Waals surface area contributed by atoms with Crippen molar-refractivity contribution in [3.63, 3.8) is 0 Å². The van der Waals surface area contributed by atoms with E-state index in [1.54, 1.807) is 0 Å². The van der Waals surface area contributed by atoms with Crippen LogP contribution in [0.3, 0.4) is 0 Å². The van der Waals surface area contributed by atoms with Crippen LogP contribution in [0.25, 0.3) is 0 Å². The Labute approximate surface area is 70.9 Å². The summed E-state index contributed by atoms with van der Waals surface area (Å²) in [4.78, 5) is 4.23. The van der Waals surface area contributed by atoms with Crippen LogP contribution in [0.2, 0.25) is 0 Å². The zero-order valence-electron chi connectivity index (χ0n) is 7.28. The van der Waals surface area contributed by atoms with Crippen molar-refractivity contribution in [1.29, 1.82) is 0 Å². The van der Waals surface area contributed by atoms with Crippen LogP contribution < -0.4 is 0 Å². The van der Waals surface area contributed by atoms with E-state index in [0.29, 0.717) is 5.41 Å². The van der Waals surface area contributed by atoms with E-state index in [0.717, 1.165) is 0 Å². The summed E-state index contributed by atoms with van der Waals surface area (Å²) in [5.41, 5.74) is 1.99. The Morgan fingerprint density at radius 3 is 2.00 bits per heavy atom. The highest BCUT2D eigenvalue weighted by Crippen LogP contribution is 2.33. The van der Waals surface area contributed by atoms with Crippen molar-refractivity contribution < 1.29 is 0 Å². The highest BCUT2D eigenvalue weighted by molar-refractivity contribution is 5.85. The first-order valence-corrected chi connectivity index (χ1v) is 4.09. The molecule has 0 spiro atoms. The van der Waals surface area contributed by atoms with Gasteiger partial charge in [0.1, 0.15) is 0 Å². The van der Waals surface area contributed by atoms with Gasteiger partial charge in [0.25, 0.3) is 0 Å². The van der Waals surface area contributed by atoms with Crippen LogP contribution in [-0.2, 0) is 0 Å². The van der Waals surface area contributed by atoms with Crippen LogP contribution >= 0.6 is 0 Å². The van der Waals surface area contributed by atoms with Gasteiger partial charge in [0.15, 0.2) is 0 Å². The third-order valence-electron chi connectivity index (χ3n) is 2.50. The van der Waals surface area contributed by atoms with E-state index in [9.17, 15) is 0 Å². The standard InChI is InChI=1S/C9H17N.CH4/c1-9(2)6-4-8(10-3)5-7-9;/h4-7H2,1-3H3;1H4. The molecule has 0 saturated heterocycles. The van der Waals surface area contributed by atoms with Gasteiger partial charge < -0.3 is 0 Å². The quantitative estimate of drug-likeness (QED) is 0.509. The molecule has 0 aromatic rings. The fraction of sp³-hybridized carbons (Fsp3) is 0.900. The van der Waals surface area contributed by atoms with Gasteiger partial charge in [-0.15, -0.1) is 0 Å². The predicted molar refractivity (Wildman–Crippen MR) is 52.3 cm³/mol. The molecule has 1 rings (SSSR count). The van der Waals surface area contributed by atoms with E-state index in [1.165, 1.54) is 31.4 Å². The van der Waals surface area contributed by atoms with Crippen molar-refractivity contribution in [2.75, 3.05) is 7.05 Å². The van der Waals surface area contributed by atoms with Crippen molar-refractivity contribution in [3.05, 3.63) is 0 Å². The maximum absolute atomic E-state index is 4.23. The smallest absolute Gasteiger partial charge is 0.0276 e. The van der Waals surface area contributed by atoms with Crippen LogP contribution in [-0.4, -0.2) is 12.8 Å². The Morgan fingerprint density at radius 2 is 1.64 bits per heavy atom. The molecule has 1 aliphatic carbocycles. The number of hydrogen-bond donors (Lipinski definition) is 0. The Kier molecular flexibility index (Phi) is 3.77. The Morgan fingerprint density at radius 1 is 1.18 bits per heavy atom. The summed E-state index contributed by atoms with van der Waals surface area (Å²) in [7, 11) is 1.91. The molecule has 0 unspecified atom stereocenters. The Balaban J connectivity index is 0.000001000. The number of aliphatic imine (C=N–C) groups is 1. The molecule has 0 amide bonds. The van der Waals surface area contributed by atoms with Gasteiger partial charge in [-0.3, -0.25) is 4.99 Å². The molecule has 0 bridgehead atoms. The molecular formula is C10H21N. The first kappa shape index (κ1) is 10.7. The molecule has 1 fully saturated rings. The first-order chi connectivity index (χ1) is 4.64. The van der Waals surface area contributed by atoms with Gasteiger partial charge in [0.05, 0.1) is 0 Å². The van der Waals surface area contributed by atoms with E-state index in [-0.39, 0.29) is 7.43 Å². The zero-order chi connectivity index (χ0) is 7.61. The van der Waals surface area contributed by atoms with E-state index in [4.69, 9.17) is 0 Å². The van der Waals surface area contributed by atoms with Gasteiger partial charge in [-0.2, -0.15) is 0 Å². The van der Waals surface area contributed by atoms with Crippen LogP contribution in [0, 0.1) is 5.41 Å². The second kappa shape index (κ2) is 3.89. The van der Waals surface area contributed by atoms with Gasteiger partial charge in [0.2, 0.25) is 0 Å². The summed E-state index contributed by atoms with van der Waals surface area (Å²) in [5, 5.41) is 0. The Bertz CT molecular complexity index is 133. The average molecular weight is 155 g/mol. The van der Waals surface area contributed by atoms with Crippen LogP contribution in [0.1, 0.15) is 47.0 Å². The highest BCUT2D eigenvalue weighted by atomic mass is 14.7. The molecule has 1 nitrogen and oxygen atoms in total. The lowest BCUT2D eigenvalue weighted by Gasteiger charge is -2.29. The average Bonchev–Trinajstić information content (AvgIpc) is 1.88. The monoisotopic (exact) mass is 155 g/mol. The number of nitrogens with zero attached hydrogens (tertiary/aromatic N) is 1. The second-order valence-corrected chi connectivity index (χ2v) is 3.95. The molecular weight excluding hydrogens is 134 g/mol. The summed E-state index contributed by atoms with van der Waals surface area (Å²) in [6.45, 7) is 4.69. The van der Waals surface area contributed by atoms with Crippen molar-refractivity contribution in [1.82, 2.24) is 0 Å². The summed E-state index contributed by atoms with van der Waals surface area (Å²) < 4.78 is 0. The minimum Gasteiger partial charge on any atom is -0.297 e. The van der Waals surface area contributed by atoms with Crippen LogP contribution in [0.4, 0.5) is 0 Å². The second-order valence-electron chi connectivity index (χ2n) is 3.95. The summed E-state index contributed by atoms with van der Waals surface area (Å²) in [6, 6.07) is 0. The first-order valence-electron chi connectivity index (χ1n) is 4.09. The molecule has 0 N–H and O–H groups in total. The molecule has 11 heavy (non-hydrogen) atoms. The van der Waals surface area contributed by atoms with E-state index >= 15 is 0 Å². The maximum Gasteiger partial charge on any atom is 0.0276 e. The summed E-state index contributed by atoms with van der Waals surface area (Å²) >= 11 is 0. The normalized spacial score (nSPS) is 22.3. The SMILES string of the molecule is C.CN=C1CCC(C)(C)CC1. The molecule has 0 atom stereocenters. The van der Waals surface area contributed by atoms with Crippen LogP contribution in [0.15, 0.2) is 4.99 Å². The summed E-state index contributed by atoms with van der Waals surface area (Å²) in [5.74, 6) is 0. The van der Waals surface area contributed by atoms with E-state index in [1.807, 2.05) is 7.05 Å². The molecule has 1 saturated carbocycles. The van der Waals surface area contributed by atoms with Gasteiger partial charge in [-0.25, -0.2) is 0 Å². The lowest BCUT2D eigenvalue weighted by Crippen LogP contribution is -2.20. The number of rotatable bonds is 0. The van der Waals surface area contributed by atoms with E-state index in [2.05, 4.69) is 18.8 Å². The summed E-state index contributed by atoms with van der Waals surface area (Å²) in [6.07, 6.45) is 5.09. The van der Waals surface area contributed by atoms with Crippen molar-refractivity contribution in [2.24, 2.45) is 10.4 Å². The molecule has 0 aromatic carbocycles. The number of hydrogen-bond acceptors (Lipinski definition) is 1. The fourth-order valence-corrected chi connectivity index (χ4v) is 1.44. The molecule has 1 heteroatoms. The lowest BCUT2D eigenvalue weighted by atomic mass is 9.77. The van der Waals surface area contributed by atoms with E-state index < -0.39 is 0 Å². The highest BCUT2D eigenvalue weighted by Gasteiger charge is 2.23. The van der Waals surface area contributed by atoms with Gasteiger partial charge in [0, 0.05) is 12.8 Å². The largest absolute Gasteiger partial charge is 0.297 e. The Hall–Kier alpha value is -0.330. The minimum absolute atomic E-state index is 0. The topological polar surface area (TPSA) is 12.4 Å². The fourth-order valence-electron chi connectivity index (χ4n) is 1.44. The molecule has 66 valence electrons. The van der Waals surface area contributed by atoms with Crippen LogP contribution in [0.5, 0.6) is 0 Å². The van der Waals surface area contributed by atoms with Crippen molar-refractivity contribution >= 4 is 5.71 Å². The lowest BCUT2D eigenvalue weighted by molar-refractivity contribution is 0.301. The molecule has 1 aliphatic rings. The molecule has 0 radical (unpaired) electrons. The van der Waals surface area contributed by atoms with Gasteiger partial charge in [-0.1, -0.05) is 21.3 Å². The molecule has 0 aromatic heterocycles. The molecule has 0 aliphatic heterocycles. The van der Waals surface area contributed by atoms with Crippen molar-refractivity contribution in [2.45, 2.75) is 47.0 Å². The third kappa shape index (κ3) is 3.04.